The van der Waals surface area contributed by atoms with Crippen LogP contribution >= 0.6 is 0 Å². The van der Waals surface area contributed by atoms with E-state index < -0.39 is 12.1 Å². The van der Waals surface area contributed by atoms with Crippen molar-refractivity contribution in [3.63, 3.8) is 0 Å². The monoisotopic (exact) mass is 476 g/mol. The molecule has 182 valence electrons. The Bertz CT molecular complexity index is 1200. The molecule has 1 aliphatic carbocycles. The molecule has 35 heavy (non-hydrogen) atoms. The number of para-hydroxylation sites is 1. The van der Waals surface area contributed by atoms with Crippen molar-refractivity contribution in [3.8, 4) is 5.69 Å². The number of hydrogen-bond acceptors (Lipinski definition) is 5. The van der Waals surface area contributed by atoms with E-state index in [4.69, 9.17) is 4.74 Å². The van der Waals surface area contributed by atoms with Crippen molar-refractivity contribution in [2.75, 3.05) is 31.1 Å². The first-order chi connectivity index (χ1) is 17.0. The van der Waals surface area contributed by atoms with Crippen LogP contribution in [0.25, 0.3) is 5.69 Å². The van der Waals surface area contributed by atoms with Gasteiger partial charge in [0.2, 0.25) is 0 Å². The fourth-order valence-corrected chi connectivity index (χ4v) is 4.91. The molecule has 1 saturated heterocycles. The van der Waals surface area contributed by atoms with Crippen LogP contribution in [-0.2, 0) is 22.4 Å². The number of esters is 1. The van der Waals surface area contributed by atoms with E-state index in [1.54, 1.807) is 28.6 Å². The number of anilines is 1. The van der Waals surface area contributed by atoms with Gasteiger partial charge >= 0.3 is 5.97 Å². The second-order valence-electron chi connectivity index (χ2n) is 9.06. The molecule has 2 aliphatic rings. The maximum Gasteiger partial charge on any atom is 0.359 e. The molecule has 3 aromatic rings. The molecular weight excluding hydrogens is 447 g/mol. The minimum absolute atomic E-state index is 0.196. The molecule has 1 aromatic heterocycles. The summed E-state index contributed by atoms with van der Waals surface area (Å²) < 4.78 is 20.7. The lowest BCUT2D eigenvalue weighted by molar-refractivity contribution is -0.140. The first-order valence-corrected chi connectivity index (χ1v) is 12.2. The highest BCUT2D eigenvalue weighted by Gasteiger charge is 2.31. The van der Waals surface area contributed by atoms with Gasteiger partial charge in [0.25, 0.3) is 5.91 Å². The summed E-state index contributed by atoms with van der Waals surface area (Å²) in [6.07, 6.45) is 2.57. The third-order valence-corrected chi connectivity index (χ3v) is 6.79. The zero-order valence-electron chi connectivity index (χ0n) is 19.8. The molecule has 2 heterocycles. The van der Waals surface area contributed by atoms with Crippen LogP contribution < -0.4 is 4.90 Å². The number of benzene rings is 2. The summed E-state index contributed by atoms with van der Waals surface area (Å²) in [4.78, 5) is 30.1. The predicted molar refractivity (Wildman–Crippen MR) is 130 cm³/mol. The van der Waals surface area contributed by atoms with Gasteiger partial charge in [-0.1, -0.05) is 18.2 Å². The Balaban J connectivity index is 1.26. The lowest BCUT2D eigenvalue weighted by Gasteiger charge is -2.37. The number of halogens is 1. The summed E-state index contributed by atoms with van der Waals surface area (Å²) in [6, 6.07) is 16.2. The summed E-state index contributed by atoms with van der Waals surface area (Å²) in [5.74, 6) is -1.11. The molecule has 0 unspecified atom stereocenters. The number of aromatic nitrogens is 2. The summed E-state index contributed by atoms with van der Waals surface area (Å²) in [6.45, 7) is 4.22. The van der Waals surface area contributed by atoms with E-state index in [1.807, 2.05) is 18.2 Å². The van der Waals surface area contributed by atoms with Gasteiger partial charge in [0.1, 0.15) is 5.82 Å². The first kappa shape index (κ1) is 23.1. The van der Waals surface area contributed by atoms with Crippen molar-refractivity contribution in [2.24, 2.45) is 0 Å². The van der Waals surface area contributed by atoms with Gasteiger partial charge in [0, 0.05) is 43.1 Å². The normalized spacial score (nSPS) is 16.5. The number of ether oxygens (including phenoxy) is 1. The molecule has 0 N–H and O–H groups in total. The molecule has 1 aliphatic heterocycles. The molecule has 1 fully saturated rings. The SMILES string of the molecule is C[C@@H](OC(=O)c1nn(-c2ccc(F)cc2)c2c1CCCC2)C(=O)N1CCN(c2ccccc2)CC1. The predicted octanol–water partition coefficient (Wildman–Crippen LogP) is 3.78. The van der Waals surface area contributed by atoms with Crippen LogP contribution in [0.1, 0.15) is 41.5 Å². The van der Waals surface area contributed by atoms with Crippen molar-refractivity contribution < 1.29 is 18.7 Å². The molecule has 0 spiro atoms. The average molecular weight is 477 g/mol. The van der Waals surface area contributed by atoms with E-state index in [2.05, 4.69) is 22.1 Å². The number of nitrogens with zero attached hydrogens (tertiary/aromatic N) is 4. The highest BCUT2D eigenvalue weighted by Crippen LogP contribution is 2.28. The van der Waals surface area contributed by atoms with Crippen LogP contribution in [0.4, 0.5) is 10.1 Å². The van der Waals surface area contributed by atoms with Gasteiger partial charge in [0.15, 0.2) is 11.8 Å². The Hall–Kier alpha value is -3.68. The van der Waals surface area contributed by atoms with Crippen LogP contribution in [0, 0.1) is 5.82 Å². The van der Waals surface area contributed by atoms with Crippen molar-refractivity contribution in [1.29, 1.82) is 0 Å². The van der Waals surface area contributed by atoms with Gasteiger partial charge in [0.05, 0.1) is 5.69 Å². The summed E-state index contributed by atoms with van der Waals surface area (Å²) in [7, 11) is 0. The highest BCUT2D eigenvalue weighted by atomic mass is 19.1. The van der Waals surface area contributed by atoms with E-state index >= 15 is 0 Å². The second-order valence-corrected chi connectivity index (χ2v) is 9.06. The number of hydrogen-bond donors (Lipinski definition) is 0. The lowest BCUT2D eigenvalue weighted by atomic mass is 9.95. The Kier molecular flexibility index (Phi) is 6.53. The summed E-state index contributed by atoms with van der Waals surface area (Å²) in [5, 5.41) is 4.55. The van der Waals surface area contributed by atoms with Crippen molar-refractivity contribution >= 4 is 17.6 Å². The summed E-state index contributed by atoms with van der Waals surface area (Å²) in [5.41, 5.74) is 3.90. The molecule has 1 amide bonds. The quantitative estimate of drug-likeness (QED) is 0.525. The molecule has 8 heteroatoms. The van der Waals surface area contributed by atoms with E-state index in [0.717, 1.165) is 55.7 Å². The van der Waals surface area contributed by atoms with Gasteiger partial charge in [-0.15, -0.1) is 0 Å². The Morgan fingerprint density at radius 3 is 2.31 bits per heavy atom. The molecule has 0 bridgehead atoms. The van der Waals surface area contributed by atoms with Gasteiger partial charge in [-0.3, -0.25) is 4.79 Å². The Morgan fingerprint density at radius 2 is 1.60 bits per heavy atom. The van der Waals surface area contributed by atoms with Crippen LogP contribution in [0.2, 0.25) is 0 Å². The van der Waals surface area contributed by atoms with E-state index in [1.165, 1.54) is 12.1 Å². The van der Waals surface area contributed by atoms with Gasteiger partial charge < -0.3 is 14.5 Å². The Morgan fingerprint density at radius 1 is 0.914 bits per heavy atom. The van der Waals surface area contributed by atoms with Crippen LogP contribution in [0.15, 0.2) is 54.6 Å². The molecule has 5 rings (SSSR count). The number of rotatable bonds is 5. The third kappa shape index (κ3) is 4.78. The molecule has 7 nitrogen and oxygen atoms in total. The second kappa shape index (κ2) is 9.90. The fraction of sp³-hybridized carbons (Fsp3) is 0.370. The van der Waals surface area contributed by atoms with Gasteiger partial charge in [-0.05, 0) is 69.0 Å². The van der Waals surface area contributed by atoms with Crippen LogP contribution in [0.3, 0.4) is 0 Å². The molecule has 0 radical (unpaired) electrons. The molecule has 1 atom stereocenters. The molecule has 2 aromatic carbocycles. The van der Waals surface area contributed by atoms with Crippen molar-refractivity contribution in [3.05, 3.63) is 77.4 Å². The first-order valence-electron chi connectivity index (χ1n) is 12.2. The fourth-order valence-electron chi connectivity index (χ4n) is 4.91. The maximum atomic E-state index is 13.4. The summed E-state index contributed by atoms with van der Waals surface area (Å²) >= 11 is 0. The largest absolute Gasteiger partial charge is 0.448 e. The number of piperazine rings is 1. The third-order valence-electron chi connectivity index (χ3n) is 6.79. The minimum Gasteiger partial charge on any atom is -0.448 e. The highest BCUT2D eigenvalue weighted by molar-refractivity contribution is 5.92. The maximum absolute atomic E-state index is 13.4. The number of carbonyl (C=O) groups is 2. The average Bonchev–Trinajstić information content (AvgIpc) is 3.29. The van der Waals surface area contributed by atoms with Crippen molar-refractivity contribution in [2.45, 2.75) is 38.7 Å². The van der Waals surface area contributed by atoms with Crippen molar-refractivity contribution in [1.82, 2.24) is 14.7 Å². The topological polar surface area (TPSA) is 67.7 Å². The number of fused-ring (bicyclic) bond motifs is 1. The lowest BCUT2D eigenvalue weighted by Crippen LogP contribution is -2.51. The minimum atomic E-state index is -0.902. The number of carbonyl (C=O) groups excluding carboxylic acids is 2. The molecule has 0 saturated carbocycles. The number of amides is 1. The van der Waals surface area contributed by atoms with Crippen LogP contribution in [0.5, 0.6) is 0 Å². The smallest absolute Gasteiger partial charge is 0.359 e. The molecular formula is C27H29FN4O3. The van der Waals surface area contributed by atoms with Gasteiger partial charge in [-0.2, -0.15) is 5.10 Å². The van der Waals surface area contributed by atoms with E-state index in [9.17, 15) is 14.0 Å². The Labute approximate surface area is 204 Å². The van der Waals surface area contributed by atoms with E-state index in [-0.39, 0.29) is 17.4 Å². The van der Waals surface area contributed by atoms with Gasteiger partial charge in [-0.25, -0.2) is 13.9 Å². The standard InChI is InChI=1S/C27H29FN4O3/c1-19(26(33)31-17-15-30(16-18-31)21-7-3-2-4-8-21)35-27(34)25-23-9-5-6-10-24(23)32(29-25)22-13-11-20(28)12-14-22/h2-4,7-8,11-14,19H,5-6,9-10,15-18H2,1H3/t19-/m1/s1. The zero-order chi connectivity index (χ0) is 24.4. The van der Waals surface area contributed by atoms with E-state index in [0.29, 0.717) is 18.8 Å². The van der Waals surface area contributed by atoms with Crippen LogP contribution in [-0.4, -0.2) is 58.8 Å². The zero-order valence-corrected chi connectivity index (χ0v) is 19.8.